The van der Waals surface area contributed by atoms with E-state index in [9.17, 15) is 0 Å². The summed E-state index contributed by atoms with van der Waals surface area (Å²) in [7, 11) is 0. The van der Waals surface area contributed by atoms with E-state index in [4.69, 9.17) is 0 Å². The number of rotatable bonds is 8. The van der Waals surface area contributed by atoms with Gasteiger partial charge in [0.1, 0.15) is 0 Å². The first-order chi connectivity index (χ1) is 23.8. The van der Waals surface area contributed by atoms with Crippen LogP contribution < -0.4 is 0 Å². The van der Waals surface area contributed by atoms with Gasteiger partial charge in [0.15, 0.2) is 0 Å². The Labute approximate surface area is 301 Å². The predicted octanol–water partition coefficient (Wildman–Crippen LogP) is 11.6. The average Bonchev–Trinajstić information content (AvgIpc) is 3.92. The zero-order valence-corrected chi connectivity index (χ0v) is 28.6. The van der Waals surface area contributed by atoms with Crippen LogP contribution in [0, 0.1) is 0 Å². The van der Waals surface area contributed by atoms with Gasteiger partial charge in [-0.2, -0.15) is 24.3 Å². The SMILES string of the molecule is [Cr].c1ccc(C(c2ccccc2)(c2ccccc2)[c-]2cccc2)cc1.c1ccc(C(c2ccccc2)(c2ccccc2)[c-]2cccc2)cc1. The molecule has 0 atom stereocenters. The summed E-state index contributed by atoms with van der Waals surface area (Å²) in [6.07, 6.45) is 0. The zero-order chi connectivity index (χ0) is 32.5. The maximum absolute atomic E-state index is 2.23. The first-order valence-electron chi connectivity index (χ1n) is 16.6. The number of hydrogen-bond acceptors (Lipinski definition) is 0. The Morgan fingerprint density at radius 3 is 0.551 bits per heavy atom. The molecule has 0 saturated heterocycles. The molecule has 0 aliphatic carbocycles. The van der Waals surface area contributed by atoms with E-state index >= 15 is 0 Å². The average molecular weight is 667 g/mol. The molecule has 0 nitrogen and oxygen atoms in total. The van der Waals surface area contributed by atoms with Crippen LogP contribution in [0.4, 0.5) is 0 Å². The van der Waals surface area contributed by atoms with Crippen molar-refractivity contribution in [1.82, 2.24) is 0 Å². The summed E-state index contributed by atoms with van der Waals surface area (Å²) >= 11 is 0. The van der Waals surface area contributed by atoms with Gasteiger partial charge in [-0.3, -0.25) is 0 Å². The topological polar surface area (TPSA) is 0 Å². The standard InChI is InChI=1S/2C24H19.Cr/c2*1-4-12-20(13-5-1)24(23-18-10-11-19-23,21-14-6-2-7-15-21)22-16-8-3-9-17-22;/h2*1-19H;/q2*-1;. The predicted molar refractivity (Wildman–Crippen MR) is 201 cm³/mol. The zero-order valence-electron chi connectivity index (χ0n) is 27.3. The van der Waals surface area contributed by atoms with Gasteiger partial charge in [-0.15, -0.1) is 11.1 Å². The van der Waals surface area contributed by atoms with Crippen molar-refractivity contribution in [2.45, 2.75) is 10.8 Å². The van der Waals surface area contributed by atoms with Crippen LogP contribution in [0.15, 0.2) is 231 Å². The van der Waals surface area contributed by atoms with E-state index < -0.39 is 0 Å². The summed E-state index contributed by atoms with van der Waals surface area (Å²) < 4.78 is 0. The molecule has 0 N–H and O–H groups in total. The minimum Gasteiger partial charge on any atom is -0.213 e. The van der Waals surface area contributed by atoms with Gasteiger partial charge in [0.2, 0.25) is 0 Å². The van der Waals surface area contributed by atoms with Crippen LogP contribution in [-0.4, -0.2) is 0 Å². The molecule has 0 aromatic heterocycles. The van der Waals surface area contributed by atoms with Gasteiger partial charge in [-0.25, -0.2) is 24.3 Å². The van der Waals surface area contributed by atoms with Crippen LogP contribution in [0.25, 0.3) is 0 Å². The van der Waals surface area contributed by atoms with Gasteiger partial charge < -0.3 is 0 Å². The Bertz CT molecular complexity index is 1720. The first-order valence-corrected chi connectivity index (χ1v) is 16.6. The molecule has 8 aromatic carbocycles. The normalized spacial score (nSPS) is 11.1. The molecule has 238 valence electrons. The molecule has 8 aromatic rings. The van der Waals surface area contributed by atoms with Crippen LogP contribution in [-0.2, 0) is 28.2 Å². The van der Waals surface area contributed by atoms with Crippen LogP contribution in [0.2, 0.25) is 0 Å². The van der Waals surface area contributed by atoms with Crippen LogP contribution >= 0.6 is 0 Å². The molecule has 0 radical (unpaired) electrons. The van der Waals surface area contributed by atoms with Crippen molar-refractivity contribution in [2.24, 2.45) is 0 Å². The molecule has 0 heterocycles. The molecule has 1 heteroatoms. The summed E-state index contributed by atoms with van der Waals surface area (Å²) in [6, 6.07) is 82.1. The minimum atomic E-state index is -0.298. The third-order valence-corrected chi connectivity index (χ3v) is 9.43. The molecule has 0 aliphatic heterocycles. The Morgan fingerprint density at radius 1 is 0.224 bits per heavy atom. The van der Waals surface area contributed by atoms with E-state index in [1.165, 1.54) is 44.5 Å². The third kappa shape index (κ3) is 6.40. The van der Waals surface area contributed by atoms with Crippen molar-refractivity contribution in [1.29, 1.82) is 0 Å². The Hall–Kier alpha value is -5.45. The molecule has 0 saturated carbocycles. The van der Waals surface area contributed by atoms with Crippen molar-refractivity contribution in [3.8, 4) is 0 Å². The minimum absolute atomic E-state index is 0. The van der Waals surface area contributed by atoms with Gasteiger partial charge in [-0.1, -0.05) is 182 Å². The summed E-state index contributed by atoms with van der Waals surface area (Å²) in [5, 5.41) is 0. The van der Waals surface area contributed by atoms with Crippen molar-refractivity contribution in [2.75, 3.05) is 0 Å². The molecule has 0 fully saturated rings. The largest absolute Gasteiger partial charge is 0.213 e. The van der Waals surface area contributed by atoms with Crippen LogP contribution in [0.1, 0.15) is 44.5 Å². The second kappa shape index (κ2) is 15.6. The van der Waals surface area contributed by atoms with Crippen molar-refractivity contribution in [3.05, 3.63) is 275 Å². The fourth-order valence-electron chi connectivity index (χ4n) is 7.38. The second-order valence-corrected chi connectivity index (χ2v) is 12.0. The van der Waals surface area contributed by atoms with Gasteiger partial charge in [0, 0.05) is 28.2 Å². The fourth-order valence-corrected chi connectivity index (χ4v) is 7.38. The summed E-state index contributed by atoms with van der Waals surface area (Å²) in [5.74, 6) is 0. The smallest absolute Gasteiger partial charge is 0.0257 e. The summed E-state index contributed by atoms with van der Waals surface area (Å²) in [4.78, 5) is 0. The van der Waals surface area contributed by atoms with E-state index in [0.29, 0.717) is 0 Å². The molecule has 0 unspecified atom stereocenters. The third-order valence-electron chi connectivity index (χ3n) is 9.43. The molecule has 49 heavy (non-hydrogen) atoms. The van der Waals surface area contributed by atoms with Gasteiger partial charge in [0.05, 0.1) is 0 Å². The quantitative estimate of drug-likeness (QED) is 0.112. The van der Waals surface area contributed by atoms with Gasteiger partial charge >= 0.3 is 0 Å². The molecule has 0 spiro atoms. The number of hydrogen-bond donors (Lipinski definition) is 0. The van der Waals surface area contributed by atoms with Crippen molar-refractivity contribution >= 4 is 0 Å². The second-order valence-electron chi connectivity index (χ2n) is 12.0. The first kappa shape index (κ1) is 33.5. The van der Waals surface area contributed by atoms with E-state index in [0.717, 1.165) is 0 Å². The van der Waals surface area contributed by atoms with E-state index in [1.807, 2.05) is 0 Å². The Balaban J connectivity index is 0.000000167. The van der Waals surface area contributed by atoms with Gasteiger partial charge in [0.25, 0.3) is 0 Å². The van der Waals surface area contributed by atoms with Crippen molar-refractivity contribution < 1.29 is 17.4 Å². The maximum atomic E-state index is 2.23. The maximum Gasteiger partial charge on any atom is 0.0257 e. The monoisotopic (exact) mass is 666 g/mol. The van der Waals surface area contributed by atoms with E-state index in [2.05, 4.69) is 231 Å². The van der Waals surface area contributed by atoms with Crippen molar-refractivity contribution in [3.63, 3.8) is 0 Å². The molecular formula is C48H38Cr-2. The molecule has 8 rings (SSSR count). The molecule has 0 amide bonds. The van der Waals surface area contributed by atoms with E-state index in [1.54, 1.807) is 0 Å². The van der Waals surface area contributed by atoms with Crippen LogP contribution in [0.3, 0.4) is 0 Å². The Kier molecular flexibility index (Phi) is 10.7. The number of benzene rings is 6. The molecule has 0 aliphatic rings. The summed E-state index contributed by atoms with van der Waals surface area (Å²) in [5.41, 5.74) is 9.71. The summed E-state index contributed by atoms with van der Waals surface area (Å²) in [6.45, 7) is 0. The van der Waals surface area contributed by atoms with E-state index in [-0.39, 0.29) is 28.2 Å². The van der Waals surface area contributed by atoms with Crippen LogP contribution in [0.5, 0.6) is 0 Å². The molecule has 0 bridgehead atoms. The van der Waals surface area contributed by atoms with Gasteiger partial charge in [-0.05, 0) is 33.4 Å². The molecular weight excluding hydrogens is 629 g/mol. The Morgan fingerprint density at radius 2 is 0.388 bits per heavy atom. The fraction of sp³-hybridized carbons (Fsp3) is 0.0417.